The molecule has 33 heavy (non-hydrogen) atoms. The highest BCUT2D eigenvalue weighted by molar-refractivity contribution is 7.10. The predicted octanol–water partition coefficient (Wildman–Crippen LogP) is 4.73. The van der Waals surface area contributed by atoms with E-state index in [0.29, 0.717) is 30.2 Å². The van der Waals surface area contributed by atoms with Crippen molar-refractivity contribution in [1.82, 2.24) is 10.2 Å². The Kier molecular flexibility index (Phi) is 5.81. The van der Waals surface area contributed by atoms with Crippen molar-refractivity contribution >= 4 is 23.2 Å². The van der Waals surface area contributed by atoms with Gasteiger partial charge in [0.2, 0.25) is 12.7 Å². The Hall–Kier alpha value is -3.32. The molecule has 2 aromatic carbocycles. The van der Waals surface area contributed by atoms with Crippen LogP contribution in [0.2, 0.25) is 0 Å². The van der Waals surface area contributed by atoms with E-state index in [1.165, 1.54) is 0 Å². The first kappa shape index (κ1) is 21.5. The monoisotopic (exact) mass is 462 g/mol. The van der Waals surface area contributed by atoms with Gasteiger partial charge in [0, 0.05) is 23.5 Å². The molecule has 0 saturated heterocycles. The molecule has 3 aromatic rings. The summed E-state index contributed by atoms with van der Waals surface area (Å²) in [4.78, 5) is 30.1. The zero-order valence-corrected chi connectivity index (χ0v) is 19.4. The second-order valence-electron chi connectivity index (χ2n) is 8.78. The summed E-state index contributed by atoms with van der Waals surface area (Å²) in [5, 5.41) is 5.11. The molecule has 170 valence electrons. The van der Waals surface area contributed by atoms with Gasteiger partial charge in [0.05, 0.1) is 12.0 Å². The zero-order chi connectivity index (χ0) is 22.9. The summed E-state index contributed by atoms with van der Waals surface area (Å²) in [6.07, 6.45) is 0. The van der Waals surface area contributed by atoms with Gasteiger partial charge in [-0.15, -0.1) is 11.3 Å². The van der Waals surface area contributed by atoms with Crippen LogP contribution in [0.25, 0.3) is 0 Å². The molecule has 2 amide bonds. The first-order valence-electron chi connectivity index (χ1n) is 11.1. The van der Waals surface area contributed by atoms with Gasteiger partial charge in [-0.3, -0.25) is 9.59 Å². The Labute approximate surface area is 197 Å². The Morgan fingerprint density at radius 1 is 1.12 bits per heavy atom. The highest BCUT2D eigenvalue weighted by Crippen LogP contribution is 2.44. The van der Waals surface area contributed by atoms with Crippen molar-refractivity contribution in [2.75, 3.05) is 13.3 Å². The summed E-state index contributed by atoms with van der Waals surface area (Å²) in [6.45, 7) is 5.35. The van der Waals surface area contributed by atoms with Gasteiger partial charge < -0.3 is 19.7 Å². The maximum absolute atomic E-state index is 13.7. The van der Waals surface area contributed by atoms with Crippen LogP contribution in [-0.2, 0) is 11.3 Å². The summed E-state index contributed by atoms with van der Waals surface area (Å²) < 4.78 is 10.8. The molecule has 3 heterocycles. The maximum atomic E-state index is 13.7. The molecule has 2 atom stereocenters. The Morgan fingerprint density at radius 3 is 2.73 bits per heavy atom. The molecule has 2 aliphatic heterocycles. The van der Waals surface area contributed by atoms with E-state index in [4.69, 9.17) is 9.47 Å². The van der Waals surface area contributed by atoms with Gasteiger partial charge in [0.1, 0.15) is 0 Å². The Balaban J connectivity index is 1.48. The van der Waals surface area contributed by atoms with E-state index < -0.39 is 5.92 Å². The number of carbonyl (C=O) groups is 2. The molecule has 0 spiro atoms. The molecule has 0 aliphatic carbocycles. The number of amides is 2. The summed E-state index contributed by atoms with van der Waals surface area (Å²) in [6, 6.07) is 16.8. The number of ether oxygens (including phenoxy) is 2. The van der Waals surface area contributed by atoms with Crippen LogP contribution in [0.5, 0.6) is 11.5 Å². The highest BCUT2D eigenvalue weighted by Gasteiger charge is 2.44. The van der Waals surface area contributed by atoms with Crippen LogP contribution < -0.4 is 14.8 Å². The molecule has 1 N–H and O–H groups in total. The van der Waals surface area contributed by atoms with E-state index in [-0.39, 0.29) is 30.6 Å². The third kappa shape index (κ3) is 4.09. The lowest BCUT2D eigenvalue weighted by Gasteiger charge is -2.42. The van der Waals surface area contributed by atoms with E-state index in [9.17, 15) is 9.59 Å². The van der Waals surface area contributed by atoms with Crippen LogP contribution in [-0.4, -0.2) is 30.1 Å². The Morgan fingerprint density at radius 2 is 1.94 bits per heavy atom. The first-order valence-corrected chi connectivity index (χ1v) is 12.0. The topological polar surface area (TPSA) is 67.9 Å². The minimum Gasteiger partial charge on any atom is -0.454 e. The summed E-state index contributed by atoms with van der Waals surface area (Å²) in [5.74, 6) is 1.07. The van der Waals surface area contributed by atoms with Crippen molar-refractivity contribution in [3.63, 3.8) is 0 Å². The number of rotatable bonds is 6. The third-order valence-electron chi connectivity index (χ3n) is 6.02. The largest absolute Gasteiger partial charge is 0.454 e. The van der Waals surface area contributed by atoms with Gasteiger partial charge in [-0.05, 0) is 46.7 Å². The second-order valence-corrected chi connectivity index (χ2v) is 9.76. The van der Waals surface area contributed by atoms with Crippen LogP contribution in [0.15, 0.2) is 60.0 Å². The van der Waals surface area contributed by atoms with Crippen LogP contribution in [0.3, 0.4) is 0 Å². The average molecular weight is 463 g/mol. The lowest BCUT2D eigenvalue weighted by Crippen LogP contribution is -2.48. The molecule has 0 saturated carbocycles. The van der Waals surface area contributed by atoms with Crippen LogP contribution in [0.4, 0.5) is 0 Å². The van der Waals surface area contributed by atoms with Crippen molar-refractivity contribution in [2.45, 2.75) is 32.4 Å². The fraction of sp³-hybridized carbons (Fsp3) is 0.308. The van der Waals surface area contributed by atoms with E-state index in [2.05, 4.69) is 19.2 Å². The van der Waals surface area contributed by atoms with E-state index in [1.54, 1.807) is 11.3 Å². The molecule has 5 rings (SSSR count). The summed E-state index contributed by atoms with van der Waals surface area (Å²) >= 11 is 1.58. The van der Waals surface area contributed by atoms with Crippen LogP contribution >= 0.6 is 11.3 Å². The molecule has 0 unspecified atom stereocenters. The zero-order valence-electron chi connectivity index (χ0n) is 18.6. The smallest absolute Gasteiger partial charge is 0.254 e. The molecule has 2 aliphatic rings. The number of nitrogens with zero attached hydrogens (tertiary/aromatic N) is 1. The quantitative estimate of drug-likeness (QED) is 0.575. The standard InChI is InChI=1S/C26H26N2O4S/c1-16(2)14-28-24(22-8-5-11-33-22)23(18-6-3-4-7-19(18)26(28)30)25(29)27-13-17-9-10-20-21(12-17)32-15-31-20/h3-12,16,23-24H,13-15H2,1-2H3,(H,27,29)/t23-,24-/m1/s1. The van der Waals surface area contributed by atoms with Gasteiger partial charge in [0.25, 0.3) is 5.91 Å². The van der Waals surface area contributed by atoms with Gasteiger partial charge in [-0.25, -0.2) is 0 Å². The number of fused-ring (bicyclic) bond motifs is 2. The molecule has 7 heteroatoms. The summed E-state index contributed by atoms with van der Waals surface area (Å²) in [7, 11) is 0. The lowest BCUT2D eigenvalue weighted by molar-refractivity contribution is -0.124. The van der Waals surface area contributed by atoms with Crippen molar-refractivity contribution in [3.8, 4) is 11.5 Å². The molecule has 6 nitrogen and oxygen atoms in total. The molecular weight excluding hydrogens is 436 g/mol. The molecule has 0 bridgehead atoms. The van der Waals surface area contributed by atoms with Gasteiger partial charge >= 0.3 is 0 Å². The third-order valence-corrected chi connectivity index (χ3v) is 6.96. The average Bonchev–Trinajstić information content (AvgIpc) is 3.50. The minimum absolute atomic E-state index is 0.0162. The van der Waals surface area contributed by atoms with Crippen molar-refractivity contribution in [3.05, 3.63) is 81.5 Å². The second kappa shape index (κ2) is 8.90. The van der Waals surface area contributed by atoms with Crippen LogP contribution in [0, 0.1) is 5.92 Å². The number of thiophene rings is 1. The van der Waals surface area contributed by atoms with E-state index in [0.717, 1.165) is 16.0 Å². The molecule has 0 radical (unpaired) electrons. The van der Waals surface area contributed by atoms with E-state index in [1.807, 2.05) is 64.9 Å². The van der Waals surface area contributed by atoms with E-state index >= 15 is 0 Å². The van der Waals surface area contributed by atoms with Gasteiger partial charge in [-0.1, -0.05) is 44.2 Å². The Bertz CT molecular complexity index is 1170. The number of hydrogen-bond donors (Lipinski definition) is 1. The number of hydrogen-bond acceptors (Lipinski definition) is 5. The SMILES string of the molecule is CC(C)CN1C(=O)c2ccccc2[C@@H](C(=O)NCc2ccc3c(c2)OCO3)[C@H]1c1cccs1. The number of carbonyl (C=O) groups excluding carboxylic acids is 2. The number of nitrogens with one attached hydrogen (secondary N) is 1. The first-order chi connectivity index (χ1) is 16.0. The fourth-order valence-corrected chi connectivity index (χ4v) is 5.47. The maximum Gasteiger partial charge on any atom is 0.254 e. The predicted molar refractivity (Wildman–Crippen MR) is 127 cm³/mol. The highest BCUT2D eigenvalue weighted by atomic mass is 32.1. The minimum atomic E-state index is -0.495. The van der Waals surface area contributed by atoms with Gasteiger partial charge in [-0.2, -0.15) is 0 Å². The molecular formula is C26H26N2O4S. The summed E-state index contributed by atoms with van der Waals surface area (Å²) in [5.41, 5.74) is 2.32. The van der Waals surface area contributed by atoms with Gasteiger partial charge in [0.15, 0.2) is 11.5 Å². The normalized spacial score (nSPS) is 19.0. The van der Waals surface area contributed by atoms with Crippen molar-refractivity contribution < 1.29 is 19.1 Å². The van der Waals surface area contributed by atoms with Crippen LogP contribution in [0.1, 0.15) is 52.2 Å². The number of benzene rings is 2. The molecule has 1 aromatic heterocycles. The lowest BCUT2D eigenvalue weighted by atomic mass is 9.81. The van der Waals surface area contributed by atoms with Crippen molar-refractivity contribution in [2.24, 2.45) is 5.92 Å². The fourth-order valence-electron chi connectivity index (χ4n) is 4.60. The molecule has 0 fully saturated rings. The van der Waals surface area contributed by atoms with Crippen molar-refractivity contribution in [1.29, 1.82) is 0 Å².